The van der Waals surface area contributed by atoms with E-state index in [0.717, 1.165) is 5.69 Å². The van der Waals surface area contributed by atoms with Gasteiger partial charge in [0.15, 0.2) is 5.78 Å². The molecule has 0 saturated carbocycles. The number of benzene rings is 1. The second kappa shape index (κ2) is 4.35. The summed E-state index contributed by atoms with van der Waals surface area (Å²) in [6.45, 7) is 0. The van der Waals surface area contributed by atoms with Crippen molar-refractivity contribution in [2.45, 2.75) is 0 Å². The quantitative estimate of drug-likeness (QED) is 0.629. The molecule has 0 aliphatic carbocycles. The summed E-state index contributed by atoms with van der Waals surface area (Å²) in [5, 5.41) is 8.32. The van der Waals surface area contributed by atoms with Crippen LogP contribution in [0.2, 0.25) is 0 Å². The van der Waals surface area contributed by atoms with Crippen molar-refractivity contribution in [3.05, 3.63) is 42.2 Å². The van der Waals surface area contributed by atoms with E-state index in [1.807, 2.05) is 12.1 Å². The van der Waals surface area contributed by atoms with Gasteiger partial charge in [-0.2, -0.15) is 15.0 Å². The van der Waals surface area contributed by atoms with Crippen LogP contribution < -0.4 is 0 Å². The minimum absolute atomic E-state index is 0.0648. The highest BCUT2D eigenvalue weighted by atomic mass is 79.9. The Morgan fingerprint density at radius 2 is 1.80 bits per heavy atom. The first-order chi connectivity index (χ1) is 7.31. The third-order valence-electron chi connectivity index (χ3n) is 1.96. The van der Waals surface area contributed by atoms with Crippen molar-refractivity contribution < 1.29 is 4.79 Å². The van der Waals surface area contributed by atoms with E-state index in [2.05, 4.69) is 26.1 Å². The number of aromatic nitrogens is 3. The van der Waals surface area contributed by atoms with Crippen molar-refractivity contribution in [3.63, 3.8) is 0 Å². The van der Waals surface area contributed by atoms with Crippen molar-refractivity contribution in [2.24, 2.45) is 0 Å². The molecule has 0 atom stereocenters. The molecule has 15 heavy (non-hydrogen) atoms. The maximum Gasteiger partial charge on any atom is 0.173 e. The van der Waals surface area contributed by atoms with Crippen molar-refractivity contribution in [3.8, 4) is 5.69 Å². The Labute approximate surface area is 95.0 Å². The molecule has 1 aromatic carbocycles. The molecular formula is C10H8BrN3O. The first kappa shape index (κ1) is 10.0. The van der Waals surface area contributed by atoms with Gasteiger partial charge in [-0.15, -0.1) is 0 Å². The second-order valence-electron chi connectivity index (χ2n) is 2.92. The van der Waals surface area contributed by atoms with E-state index in [4.69, 9.17) is 0 Å². The van der Waals surface area contributed by atoms with E-state index in [1.54, 1.807) is 24.5 Å². The third kappa shape index (κ3) is 2.12. The Morgan fingerprint density at radius 3 is 2.33 bits per heavy atom. The Kier molecular flexibility index (Phi) is 2.91. The first-order valence-corrected chi connectivity index (χ1v) is 5.49. The molecule has 0 radical (unpaired) electrons. The lowest BCUT2D eigenvalue weighted by molar-refractivity contribution is 0.102. The number of nitrogens with zero attached hydrogens (tertiary/aromatic N) is 3. The zero-order valence-corrected chi connectivity index (χ0v) is 9.39. The van der Waals surface area contributed by atoms with E-state index in [1.165, 1.54) is 4.80 Å². The number of hydrogen-bond donors (Lipinski definition) is 0. The number of halogens is 1. The fourth-order valence-electron chi connectivity index (χ4n) is 1.21. The van der Waals surface area contributed by atoms with Gasteiger partial charge in [0.25, 0.3) is 0 Å². The van der Waals surface area contributed by atoms with Gasteiger partial charge in [-0.25, -0.2) is 0 Å². The summed E-state index contributed by atoms with van der Waals surface area (Å²) in [7, 11) is 0. The Bertz CT molecular complexity index is 450. The predicted molar refractivity (Wildman–Crippen MR) is 59.5 cm³/mol. The van der Waals surface area contributed by atoms with Crippen LogP contribution in [0.25, 0.3) is 5.69 Å². The van der Waals surface area contributed by atoms with Crippen LogP contribution in [0, 0.1) is 0 Å². The fraction of sp³-hybridized carbons (Fsp3) is 0.100. The van der Waals surface area contributed by atoms with Crippen LogP contribution >= 0.6 is 15.9 Å². The van der Waals surface area contributed by atoms with Crippen molar-refractivity contribution >= 4 is 21.7 Å². The summed E-state index contributed by atoms with van der Waals surface area (Å²) >= 11 is 3.13. The smallest absolute Gasteiger partial charge is 0.173 e. The third-order valence-corrected chi connectivity index (χ3v) is 2.47. The van der Waals surface area contributed by atoms with Gasteiger partial charge in [-0.05, 0) is 24.3 Å². The molecule has 0 aliphatic rings. The number of hydrogen-bond acceptors (Lipinski definition) is 3. The number of Topliss-reactive ketones (excluding diaryl/α,β-unsaturated/α-hetero) is 1. The summed E-state index contributed by atoms with van der Waals surface area (Å²) in [5.74, 6) is 0.0648. The Morgan fingerprint density at radius 1 is 1.20 bits per heavy atom. The molecular weight excluding hydrogens is 258 g/mol. The lowest BCUT2D eigenvalue weighted by atomic mass is 10.1. The lowest BCUT2D eigenvalue weighted by Crippen LogP contribution is -2.02. The van der Waals surface area contributed by atoms with Gasteiger partial charge in [0.05, 0.1) is 23.4 Å². The number of alkyl halides is 1. The molecule has 0 bridgehead atoms. The summed E-state index contributed by atoms with van der Waals surface area (Å²) in [6, 6.07) is 7.16. The standard InChI is InChI=1S/C10H8BrN3O/c11-7-10(15)8-1-3-9(4-2-8)14-12-5-6-13-14/h1-6H,7H2. The van der Waals surface area contributed by atoms with Crippen molar-refractivity contribution in [1.29, 1.82) is 0 Å². The van der Waals surface area contributed by atoms with Crippen LogP contribution in [-0.4, -0.2) is 26.1 Å². The van der Waals surface area contributed by atoms with Gasteiger partial charge < -0.3 is 0 Å². The molecule has 4 nitrogen and oxygen atoms in total. The largest absolute Gasteiger partial charge is 0.293 e. The van der Waals surface area contributed by atoms with Crippen molar-refractivity contribution in [1.82, 2.24) is 15.0 Å². The number of carbonyl (C=O) groups excluding carboxylic acids is 1. The molecule has 1 heterocycles. The summed E-state index contributed by atoms with van der Waals surface area (Å²) in [6.07, 6.45) is 3.22. The average Bonchev–Trinajstić information content (AvgIpc) is 2.82. The highest BCUT2D eigenvalue weighted by molar-refractivity contribution is 9.09. The van der Waals surface area contributed by atoms with E-state index < -0.39 is 0 Å². The van der Waals surface area contributed by atoms with Gasteiger partial charge in [0.1, 0.15) is 0 Å². The van der Waals surface area contributed by atoms with E-state index in [0.29, 0.717) is 10.9 Å². The minimum atomic E-state index is 0.0648. The number of carbonyl (C=O) groups is 1. The Hall–Kier alpha value is -1.49. The predicted octanol–water partition coefficient (Wildman–Crippen LogP) is 1.84. The van der Waals surface area contributed by atoms with Gasteiger partial charge in [0.2, 0.25) is 0 Å². The molecule has 0 amide bonds. The molecule has 0 saturated heterocycles. The van der Waals surface area contributed by atoms with E-state index in [-0.39, 0.29) is 5.78 Å². The molecule has 2 rings (SSSR count). The molecule has 0 fully saturated rings. The molecule has 0 spiro atoms. The molecule has 5 heteroatoms. The molecule has 1 aromatic heterocycles. The normalized spacial score (nSPS) is 10.2. The highest BCUT2D eigenvalue weighted by Gasteiger charge is 2.04. The summed E-state index contributed by atoms with van der Waals surface area (Å²) < 4.78 is 0. The number of rotatable bonds is 3. The van der Waals surface area contributed by atoms with Gasteiger partial charge in [-0.3, -0.25) is 4.79 Å². The van der Waals surface area contributed by atoms with Crippen LogP contribution in [0.4, 0.5) is 0 Å². The highest BCUT2D eigenvalue weighted by Crippen LogP contribution is 2.08. The van der Waals surface area contributed by atoms with Crippen molar-refractivity contribution in [2.75, 3.05) is 5.33 Å². The monoisotopic (exact) mass is 265 g/mol. The molecule has 76 valence electrons. The molecule has 0 aliphatic heterocycles. The summed E-state index contributed by atoms with van der Waals surface area (Å²) in [5.41, 5.74) is 1.52. The van der Waals surface area contributed by atoms with Gasteiger partial charge in [0, 0.05) is 5.56 Å². The van der Waals surface area contributed by atoms with Crippen LogP contribution in [0.15, 0.2) is 36.7 Å². The molecule has 0 unspecified atom stereocenters. The Balaban J connectivity index is 2.29. The molecule has 2 aromatic rings. The lowest BCUT2D eigenvalue weighted by Gasteiger charge is -2.00. The zero-order chi connectivity index (χ0) is 10.7. The maximum absolute atomic E-state index is 11.3. The van der Waals surface area contributed by atoms with Gasteiger partial charge in [-0.1, -0.05) is 15.9 Å². The van der Waals surface area contributed by atoms with Crippen LogP contribution in [-0.2, 0) is 0 Å². The van der Waals surface area contributed by atoms with E-state index in [9.17, 15) is 4.79 Å². The minimum Gasteiger partial charge on any atom is -0.293 e. The molecule has 0 N–H and O–H groups in total. The van der Waals surface area contributed by atoms with Crippen LogP contribution in [0.5, 0.6) is 0 Å². The SMILES string of the molecule is O=C(CBr)c1ccc(-n2nccn2)cc1. The summed E-state index contributed by atoms with van der Waals surface area (Å²) in [4.78, 5) is 12.8. The van der Waals surface area contributed by atoms with Gasteiger partial charge >= 0.3 is 0 Å². The average molecular weight is 266 g/mol. The number of ketones is 1. The van der Waals surface area contributed by atoms with Crippen LogP contribution in [0.1, 0.15) is 10.4 Å². The fourth-order valence-corrected chi connectivity index (χ4v) is 1.53. The zero-order valence-electron chi connectivity index (χ0n) is 7.80. The van der Waals surface area contributed by atoms with Crippen LogP contribution in [0.3, 0.4) is 0 Å². The maximum atomic E-state index is 11.3. The topological polar surface area (TPSA) is 47.8 Å². The first-order valence-electron chi connectivity index (χ1n) is 4.37. The van der Waals surface area contributed by atoms with E-state index >= 15 is 0 Å². The second-order valence-corrected chi connectivity index (χ2v) is 3.48.